The highest BCUT2D eigenvalue weighted by Gasteiger charge is 2.33. The van der Waals surface area contributed by atoms with Crippen LogP contribution in [0.1, 0.15) is 31.1 Å². The molecule has 0 aliphatic carbocycles. The zero-order chi connectivity index (χ0) is 11.1. The molecule has 0 fully saturated rings. The van der Waals surface area contributed by atoms with Crippen LogP contribution in [0.2, 0.25) is 0 Å². The molecule has 0 unspecified atom stereocenters. The summed E-state index contributed by atoms with van der Waals surface area (Å²) in [6.45, 7) is 6.10. The highest BCUT2D eigenvalue weighted by molar-refractivity contribution is 5.97. The second-order valence-corrected chi connectivity index (χ2v) is 4.84. The fraction of sp³-hybridized carbons (Fsp3) is 0.417. The minimum absolute atomic E-state index is 0.108. The van der Waals surface area contributed by atoms with Crippen LogP contribution in [0.15, 0.2) is 24.3 Å². The van der Waals surface area contributed by atoms with E-state index in [1.54, 1.807) is 6.07 Å². The number of carbonyl (C=O) groups is 1. The van der Waals surface area contributed by atoms with Gasteiger partial charge in [0.1, 0.15) is 0 Å². The zero-order valence-corrected chi connectivity index (χ0v) is 9.20. The highest BCUT2D eigenvalue weighted by atomic mass is 16.6. The Hall–Kier alpha value is -1.51. The van der Waals surface area contributed by atoms with Crippen molar-refractivity contribution >= 4 is 11.7 Å². The molecule has 80 valence electrons. The predicted molar refractivity (Wildman–Crippen MR) is 58.7 cm³/mol. The third-order valence-electron chi connectivity index (χ3n) is 2.45. The molecule has 1 N–H and O–H groups in total. The molecule has 1 aliphatic heterocycles. The van der Waals surface area contributed by atoms with Crippen LogP contribution in [-0.4, -0.2) is 12.2 Å². The molecule has 15 heavy (non-hydrogen) atoms. The number of ether oxygens (including phenoxy) is 1. The molecule has 0 bridgehead atoms. The Morgan fingerprint density at radius 2 is 1.93 bits per heavy atom. The molecule has 2 rings (SSSR count). The van der Waals surface area contributed by atoms with E-state index in [0.29, 0.717) is 5.56 Å². The van der Waals surface area contributed by atoms with Crippen molar-refractivity contribution in [3.05, 3.63) is 29.8 Å². The van der Waals surface area contributed by atoms with E-state index in [1.807, 2.05) is 39.0 Å². The largest absolute Gasteiger partial charge is 0.438 e. The van der Waals surface area contributed by atoms with Crippen LogP contribution >= 0.6 is 0 Å². The molecular weight excluding hydrogens is 190 g/mol. The third-order valence-corrected chi connectivity index (χ3v) is 2.45. The number of rotatable bonds is 0. The zero-order valence-electron chi connectivity index (χ0n) is 9.20. The monoisotopic (exact) mass is 205 g/mol. The van der Waals surface area contributed by atoms with Gasteiger partial charge >= 0.3 is 5.97 Å². The molecule has 1 aromatic rings. The quantitative estimate of drug-likeness (QED) is 0.662. The van der Waals surface area contributed by atoms with Crippen molar-refractivity contribution in [3.63, 3.8) is 0 Å². The van der Waals surface area contributed by atoms with E-state index in [9.17, 15) is 4.79 Å². The molecule has 0 spiro atoms. The first-order valence-electron chi connectivity index (χ1n) is 5.05. The van der Waals surface area contributed by atoms with Gasteiger partial charge in [-0.05, 0) is 12.1 Å². The Kier molecular flexibility index (Phi) is 2.18. The lowest BCUT2D eigenvalue weighted by atomic mass is 9.93. The summed E-state index contributed by atoms with van der Waals surface area (Å²) in [5, 5.41) is 3.22. The van der Waals surface area contributed by atoms with Crippen LogP contribution in [-0.2, 0) is 4.74 Å². The Morgan fingerprint density at radius 1 is 1.27 bits per heavy atom. The van der Waals surface area contributed by atoms with Crippen LogP contribution in [0.4, 0.5) is 5.69 Å². The van der Waals surface area contributed by atoms with Gasteiger partial charge in [0.25, 0.3) is 0 Å². The normalized spacial score (nSPS) is 20.2. The van der Waals surface area contributed by atoms with Gasteiger partial charge in [-0.15, -0.1) is 0 Å². The lowest BCUT2D eigenvalue weighted by molar-refractivity contribution is 0.00493. The molecule has 0 aromatic heterocycles. The molecule has 3 heteroatoms. The summed E-state index contributed by atoms with van der Waals surface area (Å²) >= 11 is 0. The van der Waals surface area contributed by atoms with Gasteiger partial charge in [-0.3, -0.25) is 0 Å². The first-order chi connectivity index (χ1) is 6.98. The summed E-state index contributed by atoms with van der Waals surface area (Å²) in [5.74, 6) is -0.246. The maximum absolute atomic E-state index is 11.7. The van der Waals surface area contributed by atoms with Gasteiger partial charge in [0.05, 0.1) is 11.3 Å². The topological polar surface area (TPSA) is 38.3 Å². The Balaban J connectivity index is 2.35. The minimum atomic E-state index is -0.264. The molecule has 1 aliphatic rings. The van der Waals surface area contributed by atoms with Gasteiger partial charge < -0.3 is 10.1 Å². The molecule has 0 saturated carbocycles. The first-order valence-corrected chi connectivity index (χ1v) is 5.05. The lowest BCUT2D eigenvalue weighted by Gasteiger charge is -2.35. The number of benzene rings is 1. The Morgan fingerprint density at radius 3 is 2.60 bits per heavy atom. The lowest BCUT2D eigenvalue weighted by Crippen LogP contribution is -2.41. The number of hydrogen-bond donors (Lipinski definition) is 1. The maximum Gasteiger partial charge on any atom is 0.342 e. The number of esters is 1. The molecule has 1 aromatic carbocycles. The smallest absolute Gasteiger partial charge is 0.342 e. The molecule has 3 nitrogen and oxygen atoms in total. The summed E-state index contributed by atoms with van der Waals surface area (Å²) < 4.78 is 5.33. The summed E-state index contributed by atoms with van der Waals surface area (Å²) in [6.07, 6.45) is -0.264. The summed E-state index contributed by atoms with van der Waals surface area (Å²) in [7, 11) is 0. The molecule has 0 amide bonds. The number of para-hydroxylation sites is 1. The number of cyclic esters (lactones) is 1. The first kappa shape index (κ1) is 10.0. The summed E-state index contributed by atoms with van der Waals surface area (Å²) in [4.78, 5) is 11.7. The van der Waals surface area contributed by atoms with Gasteiger partial charge in [0.15, 0.2) is 6.23 Å². The molecule has 1 atom stereocenters. The van der Waals surface area contributed by atoms with Gasteiger partial charge in [-0.1, -0.05) is 32.9 Å². The van der Waals surface area contributed by atoms with Crippen molar-refractivity contribution in [1.29, 1.82) is 0 Å². The SMILES string of the molecule is CC(C)(C)[C@@H]1Nc2ccccc2C(=O)O1. The number of nitrogens with one attached hydrogen (secondary N) is 1. The Bertz CT molecular complexity index is 393. The molecule has 1 heterocycles. The van der Waals surface area contributed by atoms with E-state index in [-0.39, 0.29) is 17.6 Å². The van der Waals surface area contributed by atoms with Crippen LogP contribution < -0.4 is 5.32 Å². The van der Waals surface area contributed by atoms with E-state index < -0.39 is 0 Å². The summed E-state index contributed by atoms with van der Waals surface area (Å²) in [5.41, 5.74) is 1.36. The Labute approximate surface area is 89.4 Å². The molecular formula is C12H15NO2. The second kappa shape index (κ2) is 3.26. The summed E-state index contributed by atoms with van der Waals surface area (Å²) in [6, 6.07) is 7.40. The van der Waals surface area contributed by atoms with Gasteiger partial charge in [0, 0.05) is 5.41 Å². The van der Waals surface area contributed by atoms with Crippen molar-refractivity contribution < 1.29 is 9.53 Å². The van der Waals surface area contributed by atoms with Crippen LogP contribution in [0.3, 0.4) is 0 Å². The highest BCUT2D eigenvalue weighted by Crippen LogP contribution is 2.30. The predicted octanol–water partition coefficient (Wildman–Crippen LogP) is 2.64. The van der Waals surface area contributed by atoms with E-state index in [4.69, 9.17) is 4.74 Å². The van der Waals surface area contributed by atoms with Crippen molar-refractivity contribution in [1.82, 2.24) is 0 Å². The van der Waals surface area contributed by atoms with Crippen molar-refractivity contribution in [2.75, 3.05) is 5.32 Å². The van der Waals surface area contributed by atoms with Crippen LogP contribution in [0, 0.1) is 5.41 Å². The van der Waals surface area contributed by atoms with E-state index in [0.717, 1.165) is 5.69 Å². The second-order valence-electron chi connectivity index (χ2n) is 4.84. The van der Waals surface area contributed by atoms with Crippen LogP contribution in [0.25, 0.3) is 0 Å². The van der Waals surface area contributed by atoms with Crippen LogP contribution in [0.5, 0.6) is 0 Å². The fourth-order valence-corrected chi connectivity index (χ4v) is 1.52. The van der Waals surface area contributed by atoms with E-state index >= 15 is 0 Å². The third kappa shape index (κ3) is 1.82. The number of fused-ring (bicyclic) bond motifs is 1. The van der Waals surface area contributed by atoms with E-state index in [1.165, 1.54) is 0 Å². The van der Waals surface area contributed by atoms with Crippen molar-refractivity contribution in [3.8, 4) is 0 Å². The van der Waals surface area contributed by atoms with E-state index in [2.05, 4.69) is 5.32 Å². The standard InChI is InChI=1S/C12H15NO2/c1-12(2,3)11-13-9-7-5-4-6-8(9)10(14)15-11/h4-7,11,13H,1-3H3/t11-/m1/s1. The van der Waals surface area contributed by atoms with Gasteiger partial charge in [-0.25, -0.2) is 4.79 Å². The average Bonchev–Trinajstić information content (AvgIpc) is 2.16. The molecule has 0 radical (unpaired) electrons. The van der Waals surface area contributed by atoms with Gasteiger partial charge in [0.2, 0.25) is 0 Å². The number of carbonyl (C=O) groups excluding carboxylic acids is 1. The van der Waals surface area contributed by atoms with Crippen molar-refractivity contribution in [2.45, 2.75) is 27.0 Å². The number of hydrogen-bond acceptors (Lipinski definition) is 3. The molecule has 0 saturated heterocycles. The number of anilines is 1. The van der Waals surface area contributed by atoms with Gasteiger partial charge in [-0.2, -0.15) is 0 Å². The maximum atomic E-state index is 11.7. The fourth-order valence-electron chi connectivity index (χ4n) is 1.52. The average molecular weight is 205 g/mol. The van der Waals surface area contributed by atoms with Crippen molar-refractivity contribution in [2.24, 2.45) is 5.41 Å². The minimum Gasteiger partial charge on any atom is -0.438 e.